The van der Waals surface area contributed by atoms with Gasteiger partial charge in [0.15, 0.2) is 0 Å². The van der Waals surface area contributed by atoms with Gasteiger partial charge in [-0.1, -0.05) is 72.6 Å². The number of nitrogens with one attached hydrogen (secondary N) is 1. The highest BCUT2D eigenvalue weighted by Crippen LogP contribution is 2.33. The second-order valence-corrected chi connectivity index (χ2v) is 11.1. The minimum absolute atomic E-state index is 0.00221. The fourth-order valence-electron chi connectivity index (χ4n) is 3.97. The van der Waals surface area contributed by atoms with E-state index in [1.807, 2.05) is 31.2 Å². The second-order valence-electron chi connectivity index (χ2n) is 8.41. The zero-order valence-electron chi connectivity index (χ0n) is 20.8. The molecule has 1 unspecified atom stereocenters. The van der Waals surface area contributed by atoms with E-state index in [2.05, 4.69) is 5.32 Å². The number of hydrogen-bond acceptors (Lipinski definition) is 4. The summed E-state index contributed by atoms with van der Waals surface area (Å²) >= 11 is 12.5. The summed E-state index contributed by atoms with van der Waals surface area (Å²) in [5.74, 6) is -0.893. The molecule has 0 bridgehead atoms. The number of likely N-dealkylation sites (N-methyl/N-ethyl adjacent to an activating group) is 1. The van der Waals surface area contributed by atoms with E-state index in [1.54, 1.807) is 25.1 Å². The molecule has 0 radical (unpaired) electrons. The number of sulfonamides is 1. The molecule has 196 valence electrons. The number of aryl methyl sites for hydroxylation is 1. The van der Waals surface area contributed by atoms with E-state index in [1.165, 1.54) is 42.3 Å². The van der Waals surface area contributed by atoms with Crippen LogP contribution in [0.25, 0.3) is 0 Å². The Kier molecular flexibility index (Phi) is 9.59. The fraction of sp³-hybridized carbons (Fsp3) is 0.259. The molecule has 1 atom stereocenters. The van der Waals surface area contributed by atoms with Gasteiger partial charge in [-0.25, -0.2) is 8.42 Å². The van der Waals surface area contributed by atoms with Gasteiger partial charge in [-0.2, -0.15) is 0 Å². The Labute approximate surface area is 228 Å². The van der Waals surface area contributed by atoms with E-state index >= 15 is 0 Å². The lowest BCUT2D eigenvalue weighted by Gasteiger charge is -2.33. The van der Waals surface area contributed by atoms with E-state index in [0.717, 1.165) is 15.4 Å². The van der Waals surface area contributed by atoms with Crippen LogP contribution >= 0.6 is 23.2 Å². The minimum Gasteiger partial charge on any atom is -0.357 e. The average Bonchev–Trinajstić information content (AvgIpc) is 2.88. The van der Waals surface area contributed by atoms with Crippen LogP contribution in [-0.2, 0) is 26.2 Å². The van der Waals surface area contributed by atoms with Crippen molar-refractivity contribution in [1.29, 1.82) is 0 Å². The number of carbonyl (C=O) groups excluding carboxylic acids is 2. The number of nitrogens with zero attached hydrogens (tertiary/aromatic N) is 2. The minimum atomic E-state index is -4.20. The van der Waals surface area contributed by atoms with E-state index in [4.69, 9.17) is 23.2 Å². The summed E-state index contributed by atoms with van der Waals surface area (Å²) in [6, 6.07) is 18.9. The molecule has 0 aliphatic carbocycles. The predicted molar refractivity (Wildman–Crippen MR) is 147 cm³/mol. The zero-order valence-corrected chi connectivity index (χ0v) is 23.1. The summed E-state index contributed by atoms with van der Waals surface area (Å²) in [6.07, 6.45) is 0.338. The summed E-state index contributed by atoms with van der Waals surface area (Å²) in [4.78, 5) is 28.1. The van der Waals surface area contributed by atoms with Crippen LogP contribution in [0.5, 0.6) is 0 Å². The summed E-state index contributed by atoms with van der Waals surface area (Å²) in [6.45, 7) is 3.27. The quantitative estimate of drug-likeness (QED) is 0.375. The van der Waals surface area contributed by atoms with Crippen molar-refractivity contribution in [3.8, 4) is 0 Å². The molecular formula is C27H29Cl2N3O4S. The van der Waals surface area contributed by atoms with Crippen molar-refractivity contribution in [2.75, 3.05) is 17.9 Å². The number of rotatable bonds is 10. The van der Waals surface area contributed by atoms with Crippen LogP contribution in [0.3, 0.4) is 0 Å². The Morgan fingerprint density at radius 1 is 0.973 bits per heavy atom. The summed E-state index contributed by atoms with van der Waals surface area (Å²) < 4.78 is 28.5. The Hall–Kier alpha value is -3.07. The molecule has 1 N–H and O–H groups in total. The monoisotopic (exact) mass is 561 g/mol. The van der Waals surface area contributed by atoms with Gasteiger partial charge in [0.2, 0.25) is 11.8 Å². The van der Waals surface area contributed by atoms with Gasteiger partial charge in [0, 0.05) is 18.6 Å². The maximum absolute atomic E-state index is 13.9. The maximum atomic E-state index is 13.9. The molecule has 2 amide bonds. The van der Waals surface area contributed by atoms with Gasteiger partial charge in [-0.3, -0.25) is 13.9 Å². The third kappa shape index (κ3) is 6.63. The van der Waals surface area contributed by atoms with Gasteiger partial charge in [0.05, 0.1) is 15.6 Å². The maximum Gasteiger partial charge on any atom is 0.264 e. The lowest BCUT2D eigenvalue weighted by Crippen LogP contribution is -2.51. The van der Waals surface area contributed by atoms with Crippen molar-refractivity contribution in [2.24, 2.45) is 0 Å². The fourth-order valence-corrected chi connectivity index (χ4v) is 5.99. The SMILES string of the molecule is CCC(C(=O)NC)N(Cc1ccccc1C)C(=O)CN(c1ccc(Cl)cc1Cl)S(=O)(=O)c1ccccc1. The summed E-state index contributed by atoms with van der Waals surface area (Å²) in [5, 5.41) is 3.00. The zero-order chi connectivity index (χ0) is 27.2. The molecule has 0 spiro atoms. The first-order chi connectivity index (χ1) is 17.6. The highest BCUT2D eigenvalue weighted by molar-refractivity contribution is 7.92. The number of carbonyl (C=O) groups is 2. The predicted octanol–water partition coefficient (Wildman–Crippen LogP) is 5.05. The third-order valence-corrected chi connectivity index (χ3v) is 8.33. The van der Waals surface area contributed by atoms with Crippen LogP contribution in [-0.4, -0.2) is 44.8 Å². The van der Waals surface area contributed by atoms with Crippen LogP contribution in [0.4, 0.5) is 5.69 Å². The van der Waals surface area contributed by atoms with Gasteiger partial charge < -0.3 is 10.2 Å². The number of hydrogen-bond donors (Lipinski definition) is 1. The molecule has 3 aromatic rings. The largest absolute Gasteiger partial charge is 0.357 e. The van der Waals surface area contributed by atoms with E-state index in [-0.39, 0.29) is 28.1 Å². The first-order valence-electron chi connectivity index (χ1n) is 11.7. The summed E-state index contributed by atoms with van der Waals surface area (Å²) in [7, 11) is -2.70. The van der Waals surface area contributed by atoms with Crippen molar-refractivity contribution < 1.29 is 18.0 Å². The van der Waals surface area contributed by atoms with Gasteiger partial charge in [0.25, 0.3) is 10.0 Å². The van der Waals surface area contributed by atoms with Crippen LogP contribution in [0.1, 0.15) is 24.5 Å². The first kappa shape index (κ1) is 28.5. The Morgan fingerprint density at radius 2 is 1.62 bits per heavy atom. The van der Waals surface area contributed by atoms with Crippen molar-refractivity contribution >= 4 is 50.7 Å². The molecule has 0 saturated carbocycles. The van der Waals surface area contributed by atoms with Crippen molar-refractivity contribution in [3.05, 3.63) is 94.0 Å². The second kappa shape index (κ2) is 12.4. The molecule has 0 aliphatic heterocycles. The van der Waals surface area contributed by atoms with E-state index in [9.17, 15) is 18.0 Å². The molecule has 7 nitrogen and oxygen atoms in total. The van der Waals surface area contributed by atoms with E-state index in [0.29, 0.717) is 11.4 Å². The van der Waals surface area contributed by atoms with Gasteiger partial charge in [-0.05, 0) is 54.8 Å². The van der Waals surface area contributed by atoms with Crippen molar-refractivity contribution in [2.45, 2.75) is 37.8 Å². The smallest absolute Gasteiger partial charge is 0.264 e. The normalized spacial score (nSPS) is 12.0. The summed E-state index contributed by atoms with van der Waals surface area (Å²) in [5.41, 5.74) is 1.90. The molecule has 0 saturated heterocycles. The number of benzene rings is 3. The van der Waals surface area contributed by atoms with Crippen molar-refractivity contribution in [3.63, 3.8) is 0 Å². The van der Waals surface area contributed by atoms with Gasteiger partial charge >= 0.3 is 0 Å². The van der Waals surface area contributed by atoms with Crippen LogP contribution in [0, 0.1) is 6.92 Å². The molecular weight excluding hydrogens is 533 g/mol. The molecule has 0 aromatic heterocycles. The molecule has 10 heteroatoms. The average molecular weight is 563 g/mol. The van der Waals surface area contributed by atoms with Crippen LogP contribution in [0.15, 0.2) is 77.7 Å². The van der Waals surface area contributed by atoms with Crippen molar-refractivity contribution in [1.82, 2.24) is 10.2 Å². The molecule has 3 aromatic carbocycles. The number of amides is 2. The molecule has 3 rings (SSSR count). The first-order valence-corrected chi connectivity index (χ1v) is 13.9. The lowest BCUT2D eigenvalue weighted by molar-refractivity contribution is -0.140. The highest BCUT2D eigenvalue weighted by atomic mass is 35.5. The van der Waals surface area contributed by atoms with Gasteiger partial charge in [-0.15, -0.1) is 0 Å². The number of anilines is 1. The molecule has 0 fully saturated rings. The molecule has 0 aliphatic rings. The standard InChI is InChI=1S/C27H29Cl2N3O4S/c1-4-24(27(34)30-3)31(17-20-11-9-8-10-19(20)2)26(33)18-32(25-15-14-21(28)16-23(25)29)37(35,36)22-12-6-5-7-13-22/h5-16,24H,4,17-18H2,1-3H3,(H,30,34). The number of halogens is 2. The Bertz CT molecular complexity index is 1370. The molecule has 0 heterocycles. The lowest BCUT2D eigenvalue weighted by atomic mass is 10.1. The van der Waals surface area contributed by atoms with Gasteiger partial charge in [0.1, 0.15) is 12.6 Å². The Balaban J connectivity index is 2.10. The highest BCUT2D eigenvalue weighted by Gasteiger charge is 2.34. The topological polar surface area (TPSA) is 86.8 Å². The van der Waals surface area contributed by atoms with E-state index < -0.39 is 28.5 Å². The Morgan fingerprint density at radius 3 is 2.22 bits per heavy atom. The van der Waals surface area contributed by atoms with Crippen LogP contribution in [0.2, 0.25) is 10.0 Å². The third-order valence-electron chi connectivity index (χ3n) is 6.02. The van der Waals surface area contributed by atoms with Crippen LogP contribution < -0.4 is 9.62 Å². The molecule has 37 heavy (non-hydrogen) atoms.